The summed E-state index contributed by atoms with van der Waals surface area (Å²) in [6.45, 7) is 2.14. The van der Waals surface area contributed by atoms with E-state index in [0.717, 1.165) is 29.5 Å². The second-order valence-corrected chi connectivity index (χ2v) is 4.95. The number of carbonyl (C=O) groups is 1. The van der Waals surface area contributed by atoms with Crippen LogP contribution in [-0.2, 0) is 4.74 Å². The van der Waals surface area contributed by atoms with Crippen LogP contribution in [0.15, 0.2) is 66.4 Å². The smallest absolute Gasteiger partial charge is 0.337 e. The Morgan fingerprint density at radius 1 is 1.00 bits per heavy atom. The molecular formula is C20H20O2. The Hall–Kier alpha value is -2.57. The van der Waals surface area contributed by atoms with Crippen molar-refractivity contribution >= 4 is 11.5 Å². The van der Waals surface area contributed by atoms with Crippen LogP contribution >= 0.6 is 0 Å². The van der Waals surface area contributed by atoms with E-state index < -0.39 is 0 Å². The molecule has 0 fully saturated rings. The molecule has 0 atom stereocenters. The molecule has 0 saturated heterocycles. The average molecular weight is 292 g/mol. The van der Waals surface area contributed by atoms with Crippen LogP contribution in [0.25, 0.3) is 5.57 Å². The highest BCUT2D eigenvalue weighted by Crippen LogP contribution is 2.23. The lowest BCUT2D eigenvalue weighted by Crippen LogP contribution is -2.00. The maximum absolute atomic E-state index is 11.5. The molecule has 2 rings (SSSR count). The largest absolute Gasteiger partial charge is 0.465 e. The number of rotatable bonds is 5. The van der Waals surface area contributed by atoms with Crippen molar-refractivity contribution in [3.05, 3.63) is 83.1 Å². The third-order valence-electron chi connectivity index (χ3n) is 3.34. The average Bonchev–Trinajstić information content (AvgIpc) is 2.59. The number of unbranched alkanes of at least 4 members (excludes halogenated alkanes) is 1. The Morgan fingerprint density at radius 3 is 2.18 bits per heavy atom. The monoisotopic (exact) mass is 292 g/mol. The van der Waals surface area contributed by atoms with Crippen LogP contribution in [0.4, 0.5) is 0 Å². The maximum atomic E-state index is 11.5. The van der Waals surface area contributed by atoms with Gasteiger partial charge in [0.15, 0.2) is 0 Å². The quantitative estimate of drug-likeness (QED) is 0.581. The minimum Gasteiger partial charge on any atom is -0.465 e. The maximum Gasteiger partial charge on any atom is 0.337 e. The van der Waals surface area contributed by atoms with Crippen LogP contribution < -0.4 is 0 Å². The van der Waals surface area contributed by atoms with Gasteiger partial charge in [-0.1, -0.05) is 55.8 Å². The molecule has 112 valence electrons. The summed E-state index contributed by atoms with van der Waals surface area (Å²) >= 11 is 0. The summed E-state index contributed by atoms with van der Waals surface area (Å²) in [5.41, 5.74) is 7.12. The Bertz CT molecular complexity index is 675. The van der Waals surface area contributed by atoms with Gasteiger partial charge in [0.25, 0.3) is 0 Å². The summed E-state index contributed by atoms with van der Waals surface area (Å²) < 4.78 is 4.73. The van der Waals surface area contributed by atoms with Crippen molar-refractivity contribution in [1.29, 1.82) is 0 Å². The Labute approximate surface area is 131 Å². The molecule has 0 aliphatic rings. The van der Waals surface area contributed by atoms with E-state index in [0.29, 0.717) is 5.56 Å². The van der Waals surface area contributed by atoms with E-state index in [-0.39, 0.29) is 5.97 Å². The van der Waals surface area contributed by atoms with E-state index in [9.17, 15) is 4.79 Å². The zero-order chi connectivity index (χ0) is 15.8. The predicted octanol–water partition coefficient (Wildman–Crippen LogP) is 4.86. The lowest BCUT2D eigenvalue weighted by atomic mass is 9.97. The lowest BCUT2D eigenvalue weighted by Gasteiger charge is -2.07. The van der Waals surface area contributed by atoms with E-state index in [1.165, 1.54) is 7.11 Å². The van der Waals surface area contributed by atoms with Crippen molar-refractivity contribution in [2.24, 2.45) is 0 Å². The fourth-order valence-electron chi connectivity index (χ4n) is 2.15. The zero-order valence-corrected chi connectivity index (χ0v) is 13.0. The molecule has 0 aromatic heterocycles. The second kappa shape index (κ2) is 8.02. The summed E-state index contributed by atoms with van der Waals surface area (Å²) in [6, 6.07) is 17.6. The Balaban J connectivity index is 2.42. The SMILES string of the molecule is CCCC=C=C(c1ccccc1)c1ccc(C(=O)OC)cc1. The van der Waals surface area contributed by atoms with Crippen molar-refractivity contribution in [1.82, 2.24) is 0 Å². The highest BCUT2D eigenvalue weighted by Gasteiger charge is 2.07. The molecular weight excluding hydrogens is 272 g/mol. The summed E-state index contributed by atoms with van der Waals surface area (Å²) in [5.74, 6) is -0.321. The lowest BCUT2D eigenvalue weighted by molar-refractivity contribution is 0.0600. The van der Waals surface area contributed by atoms with Gasteiger partial charge in [0, 0.05) is 5.57 Å². The summed E-state index contributed by atoms with van der Waals surface area (Å²) in [6.07, 6.45) is 4.16. The molecule has 2 aromatic rings. The number of hydrogen-bond acceptors (Lipinski definition) is 2. The van der Waals surface area contributed by atoms with E-state index in [1.807, 2.05) is 30.3 Å². The minimum atomic E-state index is -0.321. The minimum absolute atomic E-state index is 0.321. The first-order chi connectivity index (χ1) is 10.8. The normalized spacial score (nSPS) is 9.73. The molecule has 0 radical (unpaired) electrons. The molecule has 0 heterocycles. The van der Waals surface area contributed by atoms with Crippen molar-refractivity contribution in [2.75, 3.05) is 7.11 Å². The van der Waals surface area contributed by atoms with Crippen LogP contribution in [0.2, 0.25) is 0 Å². The van der Waals surface area contributed by atoms with Gasteiger partial charge in [0.2, 0.25) is 0 Å². The molecule has 0 amide bonds. The second-order valence-electron chi connectivity index (χ2n) is 4.95. The molecule has 2 nitrogen and oxygen atoms in total. The zero-order valence-electron chi connectivity index (χ0n) is 13.0. The number of allylic oxidation sites excluding steroid dienone is 1. The molecule has 0 spiro atoms. The summed E-state index contributed by atoms with van der Waals surface area (Å²) in [4.78, 5) is 11.5. The van der Waals surface area contributed by atoms with E-state index in [2.05, 4.69) is 30.9 Å². The van der Waals surface area contributed by atoms with Crippen molar-refractivity contribution in [3.63, 3.8) is 0 Å². The van der Waals surface area contributed by atoms with Gasteiger partial charge in [-0.25, -0.2) is 4.79 Å². The van der Waals surface area contributed by atoms with Gasteiger partial charge in [0.1, 0.15) is 0 Å². The Morgan fingerprint density at radius 2 is 1.59 bits per heavy atom. The predicted molar refractivity (Wildman–Crippen MR) is 89.7 cm³/mol. The molecule has 0 saturated carbocycles. The van der Waals surface area contributed by atoms with Gasteiger partial charge in [0.05, 0.1) is 12.7 Å². The first-order valence-electron chi connectivity index (χ1n) is 7.45. The van der Waals surface area contributed by atoms with Gasteiger partial charge < -0.3 is 4.74 Å². The van der Waals surface area contributed by atoms with Crippen LogP contribution in [0.5, 0.6) is 0 Å². The van der Waals surface area contributed by atoms with Gasteiger partial charge in [-0.15, -0.1) is 5.73 Å². The number of ether oxygens (including phenoxy) is 1. The van der Waals surface area contributed by atoms with Crippen LogP contribution in [0, 0.1) is 0 Å². The van der Waals surface area contributed by atoms with E-state index in [1.54, 1.807) is 12.1 Å². The number of esters is 1. The number of benzene rings is 2. The molecule has 22 heavy (non-hydrogen) atoms. The molecule has 2 aromatic carbocycles. The third kappa shape index (κ3) is 3.97. The fourth-order valence-corrected chi connectivity index (χ4v) is 2.15. The van der Waals surface area contributed by atoms with Gasteiger partial charge in [-0.05, 0) is 35.8 Å². The van der Waals surface area contributed by atoms with Crippen LogP contribution in [0.1, 0.15) is 41.3 Å². The summed E-state index contributed by atoms with van der Waals surface area (Å²) in [7, 11) is 1.39. The number of hydrogen-bond donors (Lipinski definition) is 0. The number of methoxy groups -OCH3 is 1. The van der Waals surface area contributed by atoms with E-state index >= 15 is 0 Å². The first-order valence-corrected chi connectivity index (χ1v) is 7.45. The Kier molecular flexibility index (Phi) is 5.76. The molecule has 0 unspecified atom stereocenters. The first kappa shape index (κ1) is 15.8. The topological polar surface area (TPSA) is 26.3 Å². The molecule has 0 N–H and O–H groups in total. The van der Waals surface area contributed by atoms with Crippen LogP contribution in [0.3, 0.4) is 0 Å². The third-order valence-corrected chi connectivity index (χ3v) is 3.34. The highest BCUT2D eigenvalue weighted by molar-refractivity contribution is 5.90. The van der Waals surface area contributed by atoms with Gasteiger partial charge in [-0.2, -0.15) is 0 Å². The van der Waals surface area contributed by atoms with Crippen molar-refractivity contribution in [3.8, 4) is 0 Å². The molecule has 0 aliphatic heterocycles. The van der Waals surface area contributed by atoms with Crippen molar-refractivity contribution in [2.45, 2.75) is 19.8 Å². The molecule has 2 heteroatoms. The number of carbonyl (C=O) groups excluding carboxylic acids is 1. The molecule has 0 bridgehead atoms. The van der Waals surface area contributed by atoms with Crippen LogP contribution in [-0.4, -0.2) is 13.1 Å². The van der Waals surface area contributed by atoms with Gasteiger partial charge >= 0.3 is 5.97 Å². The van der Waals surface area contributed by atoms with Gasteiger partial charge in [-0.3, -0.25) is 0 Å². The standard InChI is InChI=1S/C20H20O2/c1-3-4-6-11-19(16-9-7-5-8-10-16)17-12-14-18(15-13-17)20(21)22-2/h5-10,12-15H,3-4H2,1-2H3. The van der Waals surface area contributed by atoms with E-state index in [4.69, 9.17) is 4.74 Å². The highest BCUT2D eigenvalue weighted by atomic mass is 16.5. The van der Waals surface area contributed by atoms with Crippen molar-refractivity contribution < 1.29 is 9.53 Å². The molecule has 0 aliphatic carbocycles. The fraction of sp³-hybridized carbons (Fsp3) is 0.200. The summed E-state index contributed by atoms with van der Waals surface area (Å²) in [5, 5.41) is 0.